The van der Waals surface area contributed by atoms with Crippen LogP contribution in [0, 0.1) is 0 Å². The molecule has 0 radical (unpaired) electrons. The number of primary amides is 1. The van der Waals surface area contributed by atoms with Crippen LogP contribution in [0.5, 0.6) is 0 Å². The standard InChI is InChI=1S/C3H7NO2.CH4N2Se/c1-2-6-3(4)5;2-1(3)4/h2H2,1H3,(H2,4,5);(H4,2,3,4). The molecule has 5 nitrogen and oxygen atoms in total. The first kappa shape index (κ1) is 12.0. The Labute approximate surface area is 67.2 Å². The summed E-state index contributed by atoms with van der Waals surface area (Å²) in [5.41, 5.74) is 14.0. The Balaban J connectivity index is 0. The van der Waals surface area contributed by atoms with Crippen molar-refractivity contribution in [3.8, 4) is 0 Å². The van der Waals surface area contributed by atoms with Gasteiger partial charge in [0, 0.05) is 0 Å². The van der Waals surface area contributed by atoms with E-state index >= 15 is 0 Å². The molecule has 0 rings (SSSR count). The Morgan fingerprint density at radius 3 is 1.80 bits per heavy atom. The van der Waals surface area contributed by atoms with Gasteiger partial charge >= 0.3 is 37.8 Å². The van der Waals surface area contributed by atoms with Crippen LogP contribution < -0.4 is 17.2 Å². The molecule has 1 amide bonds. The minimum atomic E-state index is -0.711. The van der Waals surface area contributed by atoms with Crippen molar-refractivity contribution < 1.29 is 9.53 Å². The molecule has 0 aliphatic heterocycles. The quantitative estimate of drug-likeness (QED) is 0.449. The molecular weight excluding hydrogens is 201 g/mol. The summed E-state index contributed by atoms with van der Waals surface area (Å²) in [6.45, 7) is 2.06. The summed E-state index contributed by atoms with van der Waals surface area (Å²) in [6.07, 6.45) is -0.711. The fourth-order valence-corrected chi connectivity index (χ4v) is 0.142. The van der Waals surface area contributed by atoms with Crippen molar-refractivity contribution in [1.29, 1.82) is 0 Å². The van der Waals surface area contributed by atoms with Gasteiger partial charge in [0.25, 0.3) is 0 Å². The summed E-state index contributed by atoms with van der Waals surface area (Å²) in [5.74, 6) is 0. The maximum absolute atomic E-state index is 9.60. The number of hydrogen-bond donors (Lipinski definition) is 3. The van der Waals surface area contributed by atoms with Crippen molar-refractivity contribution in [3.05, 3.63) is 0 Å². The van der Waals surface area contributed by atoms with Gasteiger partial charge in [-0.1, -0.05) is 0 Å². The van der Waals surface area contributed by atoms with Gasteiger partial charge in [-0.3, -0.25) is 0 Å². The summed E-state index contributed by atoms with van der Waals surface area (Å²) in [4.78, 5) is 9.60. The Morgan fingerprint density at radius 1 is 1.50 bits per heavy atom. The zero-order chi connectivity index (χ0) is 8.57. The average molecular weight is 212 g/mol. The molecule has 0 aromatic rings. The SMILES string of the molecule is CCOC(N)=O.NC(N)=[Se]. The van der Waals surface area contributed by atoms with E-state index in [0.717, 1.165) is 0 Å². The van der Waals surface area contributed by atoms with Gasteiger partial charge in [0.05, 0.1) is 6.61 Å². The summed E-state index contributed by atoms with van der Waals surface area (Å²) >= 11 is 2.38. The fourth-order valence-electron chi connectivity index (χ4n) is 0.142. The van der Waals surface area contributed by atoms with Crippen LogP contribution >= 0.6 is 0 Å². The Hall–Kier alpha value is -0.741. The number of rotatable bonds is 1. The number of hydrogen-bond acceptors (Lipinski definition) is 4. The van der Waals surface area contributed by atoms with Crippen LogP contribution in [0.1, 0.15) is 6.92 Å². The molecule has 0 aromatic carbocycles. The first-order chi connectivity index (χ1) is 4.50. The van der Waals surface area contributed by atoms with Crippen molar-refractivity contribution >= 4 is 26.3 Å². The first-order valence-electron chi connectivity index (χ1n) is 2.47. The maximum atomic E-state index is 9.60. The molecule has 0 aromatic heterocycles. The van der Waals surface area contributed by atoms with Crippen LogP contribution in [0.3, 0.4) is 0 Å². The van der Waals surface area contributed by atoms with Crippen molar-refractivity contribution in [3.63, 3.8) is 0 Å². The van der Waals surface area contributed by atoms with E-state index in [1.165, 1.54) is 0 Å². The monoisotopic (exact) mass is 213 g/mol. The van der Waals surface area contributed by atoms with Crippen molar-refractivity contribution in [2.24, 2.45) is 17.2 Å². The molecule has 0 saturated heterocycles. The van der Waals surface area contributed by atoms with Crippen LogP contribution in [0.4, 0.5) is 4.79 Å². The van der Waals surface area contributed by atoms with Crippen LogP contribution in [0.25, 0.3) is 0 Å². The molecule has 6 N–H and O–H groups in total. The molecule has 0 bridgehead atoms. The molecule has 0 atom stereocenters. The summed E-state index contributed by atoms with van der Waals surface area (Å²) in [5, 5.41) is 0. The molecule has 0 aliphatic rings. The fraction of sp³-hybridized carbons (Fsp3) is 0.500. The number of nitrogens with two attached hydrogens (primary N) is 3. The van der Waals surface area contributed by atoms with Crippen LogP contribution in [0.15, 0.2) is 0 Å². The average Bonchev–Trinajstić information content (AvgIpc) is 1.62. The second-order valence-corrected chi connectivity index (χ2v) is 2.14. The van der Waals surface area contributed by atoms with E-state index in [2.05, 4.69) is 26.0 Å². The van der Waals surface area contributed by atoms with Crippen molar-refractivity contribution in [2.45, 2.75) is 6.92 Å². The van der Waals surface area contributed by atoms with Crippen LogP contribution in [-0.4, -0.2) is 32.9 Å². The Bertz CT molecular complexity index is 113. The zero-order valence-corrected chi connectivity index (χ0v) is 7.38. The number of carbonyl (C=O) groups excluding carboxylic acids is 1. The minimum absolute atomic E-state index is 0.292. The van der Waals surface area contributed by atoms with Crippen LogP contribution in [-0.2, 0) is 4.74 Å². The van der Waals surface area contributed by atoms with E-state index in [4.69, 9.17) is 11.5 Å². The molecule has 0 saturated carbocycles. The molecule has 60 valence electrons. The third-order valence-electron chi connectivity index (χ3n) is 0.287. The summed E-state index contributed by atoms with van der Waals surface area (Å²) in [7, 11) is 0. The predicted octanol–water partition coefficient (Wildman–Crippen LogP) is -1.74. The molecular formula is C4H11N3O2Se. The molecule has 0 heterocycles. The Kier molecular flexibility index (Phi) is 9.90. The van der Waals surface area contributed by atoms with Gasteiger partial charge in [-0.05, 0) is 6.92 Å². The van der Waals surface area contributed by atoms with Gasteiger partial charge in [-0.25, -0.2) is 4.79 Å². The predicted molar refractivity (Wildman–Crippen MR) is 40.3 cm³/mol. The molecule has 6 heteroatoms. The summed E-state index contributed by atoms with van der Waals surface area (Å²) < 4.78 is 4.47. The van der Waals surface area contributed by atoms with Gasteiger partial charge < -0.3 is 10.5 Å². The summed E-state index contributed by atoms with van der Waals surface area (Å²) in [6, 6.07) is 0. The number of amides is 1. The van der Waals surface area contributed by atoms with Crippen molar-refractivity contribution in [2.75, 3.05) is 6.61 Å². The van der Waals surface area contributed by atoms with Crippen LogP contribution in [0.2, 0.25) is 0 Å². The van der Waals surface area contributed by atoms with Gasteiger partial charge in [-0.15, -0.1) is 0 Å². The van der Waals surface area contributed by atoms with E-state index in [0.29, 0.717) is 11.3 Å². The van der Waals surface area contributed by atoms with Gasteiger partial charge in [0.1, 0.15) is 0 Å². The molecule has 0 spiro atoms. The zero-order valence-electron chi connectivity index (χ0n) is 5.66. The van der Waals surface area contributed by atoms with E-state index in [-0.39, 0.29) is 0 Å². The number of carbonyl (C=O) groups is 1. The number of ether oxygens (including phenoxy) is 1. The first-order valence-corrected chi connectivity index (χ1v) is 3.33. The van der Waals surface area contributed by atoms with E-state index < -0.39 is 6.09 Å². The molecule has 10 heavy (non-hydrogen) atoms. The van der Waals surface area contributed by atoms with Gasteiger partial charge in [0.2, 0.25) is 0 Å². The molecule has 0 aliphatic carbocycles. The van der Waals surface area contributed by atoms with Gasteiger partial charge in [-0.2, -0.15) is 0 Å². The third kappa shape index (κ3) is 55.7. The topological polar surface area (TPSA) is 104 Å². The molecule has 0 unspecified atom stereocenters. The van der Waals surface area contributed by atoms with E-state index in [9.17, 15) is 4.79 Å². The third-order valence-corrected chi connectivity index (χ3v) is 0.287. The van der Waals surface area contributed by atoms with Crippen molar-refractivity contribution in [1.82, 2.24) is 0 Å². The second-order valence-electron chi connectivity index (χ2n) is 1.15. The van der Waals surface area contributed by atoms with E-state index in [1.807, 2.05) is 0 Å². The normalized spacial score (nSPS) is 6.90. The Morgan fingerprint density at radius 2 is 1.80 bits per heavy atom. The molecule has 0 fully saturated rings. The second kappa shape index (κ2) is 8.26. The van der Waals surface area contributed by atoms with Gasteiger partial charge in [0.15, 0.2) is 0 Å². The van der Waals surface area contributed by atoms with E-state index in [1.54, 1.807) is 6.92 Å².